The zero-order valence-electron chi connectivity index (χ0n) is 11.6. The van der Waals surface area contributed by atoms with Crippen LogP contribution < -0.4 is 5.32 Å². The molecule has 1 N–H and O–H groups in total. The molecule has 114 valence electrons. The minimum Gasteiger partial charge on any atom is -0.308 e. The van der Waals surface area contributed by atoms with Crippen molar-refractivity contribution in [1.29, 1.82) is 0 Å². The molecule has 0 saturated heterocycles. The molecule has 0 aromatic heterocycles. The average Bonchev–Trinajstić information content (AvgIpc) is 2.29. The van der Waals surface area contributed by atoms with Crippen LogP contribution >= 0.6 is 0 Å². The number of hydrogen-bond acceptors (Lipinski definition) is 1. The van der Waals surface area contributed by atoms with Crippen LogP contribution in [0.3, 0.4) is 0 Å². The van der Waals surface area contributed by atoms with E-state index in [1.807, 2.05) is 13.8 Å². The Morgan fingerprint density at radius 3 is 1.85 bits per heavy atom. The Morgan fingerprint density at radius 2 is 1.50 bits per heavy atom. The van der Waals surface area contributed by atoms with Crippen molar-refractivity contribution < 1.29 is 22.0 Å². The maximum Gasteiger partial charge on any atom is 0.455 e. The summed E-state index contributed by atoms with van der Waals surface area (Å²) >= 11 is 0. The summed E-state index contributed by atoms with van der Waals surface area (Å²) in [5, 5.41) is 2.06. The van der Waals surface area contributed by atoms with E-state index >= 15 is 0 Å². The highest BCUT2D eigenvalue weighted by atomic mass is 19.4. The SMILES string of the molecule is CNC(c1ccc(CC(C)C)cc1)C(F)(F)C(F)(F)F. The quantitative estimate of drug-likeness (QED) is 0.797. The first kappa shape index (κ1) is 16.9. The van der Waals surface area contributed by atoms with Crippen molar-refractivity contribution in [3.63, 3.8) is 0 Å². The molecule has 1 aromatic rings. The minimum atomic E-state index is -5.59. The molecular formula is C14H18F5N. The molecule has 20 heavy (non-hydrogen) atoms. The van der Waals surface area contributed by atoms with Gasteiger partial charge in [-0.25, -0.2) is 0 Å². The summed E-state index contributed by atoms with van der Waals surface area (Å²) in [6.45, 7) is 4.00. The average molecular weight is 295 g/mol. The van der Waals surface area contributed by atoms with Gasteiger partial charge in [0.15, 0.2) is 0 Å². The van der Waals surface area contributed by atoms with E-state index in [-0.39, 0.29) is 5.56 Å². The van der Waals surface area contributed by atoms with Crippen molar-refractivity contribution in [2.45, 2.75) is 38.4 Å². The van der Waals surface area contributed by atoms with Crippen molar-refractivity contribution in [3.05, 3.63) is 35.4 Å². The van der Waals surface area contributed by atoms with Crippen LogP contribution in [0.1, 0.15) is 31.0 Å². The van der Waals surface area contributed by atoms with Crippen LogP contribution in [0.4, 0.5) is 22.0 Å². The standard InChI is InChI=1S/C14H18F5N/c1-9(2)8-10-4-6-11(7-5-10)12(20-3)13(15,16)14(17,18)19/h4-7,9,12,20H,8H2,1-3H3. The van der Waals surface area contributed by atoms with Crippen LogP contribution in [0.2, 0.25) is 0 Å². The molecule has 1 rings (SSSR count). The molecule has 0 spiro atoms. The zero-order chi connectivity index (χ0) is 15.6. The molecule has 0 amide bonds. The van der Waals surface area contributed by atoms with Crippen molar-refractivity contribution in [2.24, 2.45) is 5.92 Å². The monoisotopic (exact) mass is 295 g/mol. The van der Waals surface area contributed by atoms with Crippen LogP contribution in [-0.2, 0) is 6.42 Å². The fraction of sp³-hybridized carbons (Fsp3) is 0.571. The second kappa shape index (κ2) is 6.08. The summed E-state index contributed by atoms with van der Waals surface area (Å²) in [5.74, 6) is -4.43. The predicted octanol–water partition coefficient (Wildman–Crippen LogP) is 4.34. The van der Waals surface area contributed by atoms with Crippen molar-refractivity contribution in [3.8, 4) is 0 Å². The van der Waals surface area contributed by atoms with Gasteiger partial charge >= 0.3 is 12.1 Å². The molecule has 1 nitrogen and oxygen atoms in total. The smallest absolute Gasteiger partial charge is 0.308 e. The van der Waals surface area contributed by atoms with Gasteiger partial charge in [0.2, 0.25) is 0 Å². The summed E-state index contributed by atoms with van der Waals surface area (Å²) in [5.41, 5.74) is 0.830. The van der Waals surface area contributed by atoms with E-state index in [1.165, 1.54) is 12.1 Å². The zero-order valence-corrected chi connectivity index (χ0v) is 11.6. The molecule has 0 heterocycles. The molecule has 1 aromatic carbocycles. The van der Waals surface area contributed by atoms with Crippen LogP contribution in [0.5, 0.6) is 0 Å². The fourth-order valence-electron chi connectivity index (χ4n) is 2.04. The molecule has 0 bridgehead atoms. The Bertz CT molecular complexity index is 422. The van der Waals surface area contributed by atoms with E-state index in [9.17, 15) is 22.0 Å². The van der Waals surface area contributed by atoms with E-state index in [0.29, 0.717) is 5.92 Å². The van der Waals surface area contributed by atoms with E-state index < -0.39 is 18.1 Å². The molecular weight excluding hydrogens is 277 g/mol. The van der Waals surface area contributed by atoms with E-state index in [1.54, 1.807) is 12.1 Å². The highest BCUT2D eigenvalue weighted by molar-refractivity contribution is 5.27. The van der Waals surface area contributed by atoms with Crippen LogP contribution in [-0.4, -0.2) is 19.1 Å². The largest absolute Gasteiger partial charge is 0.455 e. The first-order chi connectivity index (χ1) is 9.09. The molecule has 1 atom stereocenters. The Morgan fingerprint density at radius 1 is 1.00 bits per heavy atom. The molecule has 0 aliphatic carbocycles. The summed E-state index contributed by atoms with van der Waals surface area (Å²) < 4.78 is 64.1. The van der Waals surface area contributed by atoms with E-state index in [2.05, 4.69) is 5.32 Å². The topological polar surface area (TPSA) is 12.0 Å². The lowest BCUT2D eigenvalue weighted by molar-refractivity contribution is -0.293. The summed E-state index contributed by atoms with van der Waals surface area (Å²) in [6.07, 6.45) is -4.84. The van der Waals surface area contributed by atoms with Gasteiger partial charge in [-0.2, -0.15) is 22.0 Å². The number of halogens is 5. The second-order valence-corrected chi connectivity index (χ2v) is 5.18. The fourth-order valence-corrected chi connectivity index (χ4v) is 2.04. The van der Waals surface area contributed by atoms with Gasteiger partial charge in [-0.05, 0) is 30.5 Å². The lowest BCUT2D eigenvalue weighted by Gasteiger charge is -2.28. The molecule has 0 aliphatic heterocycles. The van der Waals surface area contributed by atoms with Crippen molar-refractivity contribution >= 4 is 0 Å². The van der Waals surface area contributed by atoms with E-state index in [0.717, 1.165) is 19.0 Å². The Kier molecular flexibility index (Phi) is 5.13. The molecule has 0 radical (unpaired) electrons. The summed E-state index contributed by atoms with van der Waals surface area (Å²) in [4.78, 5) is 0. The number of alkyl halides is 5. The lowest BCUT2D eigenvalue weighted by atomic mass is 9.96. The van der Waals surface area contributed by atoms with Gasteiger partial charge in [-0.3, -0.25) is 0 Å². The van der Waals surface area contributed by atoms with Gasteiger partial charge in [-0.15, -0.1) is 0 Å². The molecule has 0 saturated carbocycles. The normalized spacial score (nSPS) is 14.7. The first-order valence-electron chi connectivity index (χ1n) is 6.30. The van der Waals surface area contributed by atoms with Gasteiger partial charge in [0.05, 0.1) is 0 Å². The van der Waals surface area contributed by atoms with Crippen LogP contribution in [0, 0.1) is 5.92 Å². The molecule has 1 unspecified atom stereocenters. The molecule has 0 fully saturated rings. The number of rotatable bonds is 5. The van der Waals surface area contributed by atoms with Crippen LogP contribution in [0.25, 0.3) is 0 Å². The maximum atomic E-state index is 13.4. The van der Waals surface area contributed by atoms with Gasteiger partial charge in [0.25, 0.3) is 0 Å². The third-order valence-electron chi connectivity index (χ3n) is 2.99. The highest BCUT2D eigenvalue weighted by Gasteiger charge is 2.62. The Balaban J connectivity index is 3.02. The lowest BCUT2D eigenvalue weighted by Crippen LogP contribution is -2.47. The molecule has 6 heteroatoms. The predicted molar refractivity (Wildman–Crippen MR) is 67.8 cm³/mol. The van der Waals surface area contributed by atoms with Gasteiger partial charge in [0.1, 0.15) is 6.04 Å². The second-order valence-electron chi connectivity index (χ2n) is 5.18. The maximum absolute atomic E-state index is 13.4. The molecule has 0 aliphatic rings. The Hall–Kier alpha value is -1.17. The van der Waals surface area contributed by atoms with Gasteiger partial charge < -0.3 is 5.32 Å². The third-order valence-corrected chi connectivity index (χ3v) is 2.99. The van der Waals surface area contributed by atoms with Crippen LogP contribution in [0.15, 0.2) is 24.3 Å². The number of nitrogens with one attached hydrogen (secondary N) is 1. The third kappa shape index (κ3) is 3.69. The summed E-state index contributed by atoms with van der Waals surface area (Å²) in [7, 11) is 1.09. The number of hydrogen-bond donors (Lipinski definition) is 1. The minimum absolute atomic E-state index is 0.0812. The van der Waals surface area contributed by atoms with Gasteiger partial charge in [-0.1, -0.05) is 38.1 Å². The van der Waals surface area contributed by atoms with Crippen molar-refractivity contribution in [1.82, 2.24) is 5.32 Å². The van der Waals surface area contributed by atoms with Gasteiger partial charge in [0, 0.05) is 0 Å². The highest BCUT2D eigenvalue weighted by Crippen LogP contribution is 2.44. The summed E-state index contributed by atoms with van der Waals surface area (Å²) in [6, 6.07) is 3.73. The van der Waals surface area contributed by atoms with E-state index in [4.69, 9.17) is 0 Å². The Labute approximate surface area is 115 Å². The first-order valence-corrected chi connectivity index (χ1v) is 6.30. The number of benzene rings is 1. The van der Waals surface area contributed by atoms with Crippen molar-refractivity contribution in [2.75, 3.05) is 7.05 Å².